The van der Waals surface area contributed by atoms with Gasteiger partial charge in [-0.2, -0.15) is 0 Å². The van der Waals surface area contributed by atoms with Gasteiger partial charge >= 0.3 is 0 Å². The zero-order valence-corrected chi connectivity index (χ0v) is 16.0. The highest BCUT2D eigenvalue weighted by atomic mass is 16.5. The number of carbonyl (C=O) groups excluding carboxylic acids is 3. The number of ether oxygens (including phenoxy) is 1. The molecule has 1 aromatic rings. The van der Waals surface area contributed by atoms with Gasteiger partial charge in [-0.25, -0.2) is 0 Å². The first-order valence-electron chi connectivity index (χ1n) is 9.31. The zero-order chi connectivity index (χ0) is 19.3. The monoisotopic (exact) mass is 360 g/mol. The van der Waals surface area contributed by atoms with Crippen molar-refractivity contribution in [1.82, 2.24) is 5.32 Å². The van der Waals surface area contributed by atoms with E-state index in [2.05, 4.69) is 5.32 Å². The van der Waals surface area contributed by atoms with Crippen LogP contribution in [0, 0.1) is 5.92 Å². The summed E-state index contributed by atoms with van der Waals surface area (Å²) in [5.74, 6) is 0.0164. The van der Waals surface area contributed by atoms with Crippen molar-refractivity contribution in [1.29, 1.82) is 0 Å². The summed E-state index contributed by atoms with van der Waals surface area (Å²) in [4.78, 5) is 38.6. The lowest BCUT2D eigenvalue weighted by Gasteiger charge is -2.35. The van der Waals surface area contributed by atoms with Crippen molar-refractivity contribution in [2.75, 3.05) is 18.0 Å². The second-order valence-electron chi connectivity index (χ2n) is 6.87. The Bertz CT molecular complexity index is 684. The minimum absolute atomic E-state index is 0.0152. The van der Waals surface area contributed by atoms with Crippen LogP contribution in [0.25, 0.3) is 0 Å². The van der Waals surface area contributed by atoms with E-state index in [1.165, 1.54) is 4.90 Å². The lowest BCUT2D eigenvalue weighted by atomic mass is 10.0. The van der Waals surface area contributed by atoms with Crippen LogP contribution in [-0.4, -0.2) is 36.8 Å². The molecule has 0 fully saturated rings. The molecule has 0 aliphatic carbocycles. The molecule has 1 aliphatic rings. The quantitative estimate of drug-likeness (QED) is 0.571. The van der Waals surface area contributed by atoms with Crippen LogP contribution in [0.1, 0.15) is 57.3 Å². The molecule has 2 rings (SSSR count). The van der Waals surface area contributed by atoms with E-state index in [1.807, 2.05) is 20.8 Å². The summed E-state index contributed by atoms with van der Waals surface area (Å²) >= 11 is 0. The van der Waals surface area contributed by atoms with Crippen LogP contribution in [-0.2, 0) is 9.59 Å². The molecule has 6 heteroatoms. The van der Waals surface area contributed by atoms with Crippen molar-refractivity contribution in [2.45, 2.75) is 53.1 Å². The molecule has 1 unspecified atom stereocenters. The van der Waals surface area contributed by atoms with Gasteiger partial charge in [-0.1, -0.05) is 34.1 Å². The van der Waals surface area contributed by atoms with Gasteiger partial charge in [0, 0.05) is 18.5 Å². The number of nitrogens with one attached hydrogen (secondary N) is 1. The number of carbonyl (C=O) groups is 3. The Morgan fingerprint density at radius 1 is 1.27 bits per heavy atom. The minimum atomic E-state index is -0.640. The van der Waals surface area contributed by atoms with Gasteiger partial charge in [0.15, 0.2) is 11.9 Å². The molecule has 1 aliphatic heterocycles. The van der Waals surface area contributed by atoms with Crippen molar-refractivity contribution in [3.63, 3.8) is 0 Å². The van der Waals surface area contributed by atoms with E-state index >= 15 is 0 Å². The van der Waals surface area contributed by atoms with Crippen molar-refractivity contribution < 1.29 is 19.1 Å². The molecule has 1 heterocycles. The number of nitrogens with zero attached hydrogens (tertiary/aromatic N) is 1. The molecule has 0 saturated heterocycles. The lowest BCUT2D eigenvalue weighted by Crippen LogP contribution is -2.51. The summed E-state index contributed by atoms with van der Waals surface area (Å²) in [6.07, 6.45) is 1.61. The summed E-state index contributed by atoms with van der Waals surface area (Å²) in [7, 11) is 0. The van der Waals surface area contributed by atoms with Crippen molar-refractivity contribution >= 4 is 23.3 Å². The average molecular weight is 360 g/mol. The number of benzene rings is 1. The zero-order valence-electron chi connectivity index (χ0n) is 16.0. The third-order valence-corrected chi connectivity index (χ3v) is 4.42. The molecule has 6 nitrogen and oxygen atoms in total. The predicted molar refractivity (Wildman–Crippen MR) is 101 cm³/mol. The molecule has 0 spiro atoms. The molecule has 1 atom stereocenters. The highest BCUT2D eigenvalue weighted by Crippen LogP contribution is 2.36. The fraction of sp³-hybridized carbons (Fsp3) is 0.550. The Morgan fingerprint density at radius 2 is 2.00 bits per heavy atom. The molecular formula is C20H28N2O4. The molecule has 0 aromatic heterocycles. The summed E-state index contributed by atoms with van der Waals surface area (Å²) in [5, 5.41) is 2.83. The Labute approximate surface area is 154 Å². The van der Waals surface area contributed by atoms with Crippen LogP contribution in [0.3, 0.4) is 0 Å². The number of hydrogen-bond acceptors (Lipinski definition) is 4. The first kappa shape index (κ1) is 19.9. The number of amides is 2. The molecule has 1 N–H and O–H groups in total. The number of Topliss-reactive ketones (excluding diaryl/α,β-unsaturated/α-hetero) is 1. The van der Waals surface area contributed by atoms with Crippen molar-refractivity contribution in [2.24, 2.45) is 5.92 Å². The van der Waals surface area contributed by atoms with E-state index in [0.29, 0.717) is 30.0 Å². The van der Waals surface area contributed by atoms with E-state index in [4.69, 9.17) is 4.74 Å². The van der Waals surface area contributed by atoms with Crippen LogP contribution in [0.4, 0.5) is 5.69 Å². The molecule has 26 heavy (non-hydrogen) atoms. The second-order valence-corrected chi connectivity index (χ2v) is 6.87. The summed E-state index contributed by atoms with van der Waals surface area (Å²) < 4.78 is 5.85. The smallest absolute Gasteiger partial charge is 0.268 e. The van der Waals surface area contributed by atoms with Gasteiger partial charge in [0.25, 0.3) is 5.91 Å². The van der Waals surface area contributed by atoms with Gasteiger partial charge in [0.2, 0.25) is 5.91 Å². The SMILES string of the molecule is CCCCNC(=O)CN1C(=O)C(C(C)C)Oc2ccc(C(=O)CC)cc21. The first-order valence-corrected chi connectivity index (χ1v) is 9.31. The van der Waals surface area contributed by atoms with E-state index in [9.17, 15) is 14.4 Å². The minimum Gasteiger partial charge on any atom is -0.478 e. The maximum absolute atomic E-state index is 12.9. The van der Waals surface area contributed by atoms with Crippen LogP contribution < -0.4 is 15.0 Å². The molecule has 142 valence electrons. The normalized spacial score (nSPS) is 16.3. The van der Waals surface area contributed by atoms with Gasteiger partial charge in [-0.05, 0) is 30.5 Å². The molecule has 0 radical (unpaired) electrons. The van der Waals surface area contributed by atoms with Crippen LogP contribution in [0.15, 0.2) is 18.2 Å². The van der Waals surface area contributed by atoms with Gasteiger partial charge in [-0.15, -0.1) is 0 Å². The number of unbranched alkanes of at least 4 members (excludes halogenated alkanes) is 1. The third kappa shape index (κ3) is 4.42. The molecule has 0 saturated carbocycles. The van der Waals surface area contributed by atoms with Gasteiger partial charge in [-0.3, -0.25) is 19.3 Å². The number of fused-ring (bicyclic) bond motifs is 1. The number of ketones is 1. The molecular weight excluding hydrogens is 332 g/mol. The highest BCUT2D eigenvalue weighted by Gasteiger charge is 2.37. The number of rotatable bonds is 8. The maximum Gasteiger partial charge on any atom is 0.268 e. The first-order chi connectivity index (χ1) is 12.4. The third-order valence-electron chi connectivity index (χ3n) is 4.42. The summed E-state index contributed by atoms with van der Waals surface area (Å²) in [6.45, 7) is 8.16. The van der Waals surface area contributed by atoms with Crippen molar-refractivity contribution in [3.8, 4) is 5.75 Å². The number of anilines is 1. The second kappa shape index (κ2) is 8.83. The Morgan fingerprint density at radius 3 is 2.62 bits per heavy atom. The molecule has 2 amide bonds. The lowest BCUT2D eigenvalue weighted by molar-refractivity contribution is -0.130. The maximum atomic E-state index is 12.9. The highest BCUT2D eigenvalue weighted by molar-refractivity contribution is 6.05. The van der Waals surface area contributed by atoms with E-state index in [0.717, 1.165) is 12.8 Å². The fourth-order valence-corrected chi connectivity index (χ4v) is 2.85. The standard InChI is InChI=1S/C20H28N2O4/c1-5-7-10-21-18(24)12-22-15-11-14(16(23)6-2)8-9-17(15)26-19(13(3)4)20(22)25/h8-9,11,13,19H,5-7,10,12H2,1-4H3,(H,21,24). The molecule has 1 aromatic carbocycles. The summed E-state index contributed by atoms with van der Waals surface area (Å²) in [6, 6.07) is 5.06. The Balaban J connectivity index is 2.32. The van der Waals surface area contributed by atoms with E-state index in [1.54, 1.807) is 25.1 Å². The largest absolute Gasteiger partial charge is 0.478 e. The summed E-state index contributed by atoms with van der Waals surface area (Å²) in [5.41, 5.74) is 0.999. The Kier molecular flexibility index (Phi) is 6.77. The van der Waals surface area contributed by atoms with Crippen LogP contribution >= 0.6 is 0 Å². The predicted octanol–water partition coefficient (Wildman–Crippen LogP) is 2.95. The van der Waals surface area contributed by atoms with Gasteiger partial charge < -0.3 is 10.1 Å². The van der Waals surface area contributed by atoms with E-state index < -0.39 is 6.10 Å². The fourth-order valence-electron chi connectivity index (χ4n) is 2.85. The van der Waals surface area contributed by atoms with Crippen LogP contribution in [0.5, 0.6) is 5.75 Å². The topological polar surface area (TPSA) is 75.7 Å². The van der Waals surface area contributed by atoms with Crippen molar-refractivity contribution in [3.05, 3.63) is 23.8 Å². The van der Waals surface area contributed by atoms with Gasteiger partial charge in [0.05, 0.1) is 5.69 Å². The Hall–Kier alpha value is -2.37. The van der Waals surface area contributed by atoms with Gasteiger partial charge in [0.1, 0.15) is 12.3 Å². The van der Waals surface area contributed by atoms with E-state index in [-0.39, 0.29) is 30.1 Å². The molecule has 0 bridgehead atoms. The number of hydrogen-bond donors (Lipinski definition) is 1. The van der Waals surface area contributed by atoms with Crippen LogP contribution in [0.2, 0.25) is 0 Å². The average Bonchev–Trinajstić information content (AvgIpc) is 2.62.